The topological polar surface area (TPSA) is 293 Å². The highest BCUT2D eigenvalue weighted by Crippen LogP contribution is 2.47. The first kappa shape index (κ1) is 37.7. The molecule has 4 saturated carbocycles. The van der Waals surface area contributed by atoms with Crippen LogP contribution in [-0.4, -0.2) is 110 Å². The molecule has 19 nitrogen and oxygen atoms in total. The molecule has 1 aliphatic heterocycles. The highest BCUT2D eigenvalue weighted by molar-refractivity contribution is 7.95. The molecule has 5 aliphatic rings. The summed E-state index contributed by atoms with van der Waals surface area (Å²) in [5.41, 5.74) is 0. The molecule has 274 valence electrons. The number of aliphatic carboxylic acids is 2. The van der Waals surface area contributed by atoms with E-state index in [2.05, 4.69) is 41.9 Å². The van der Waals surface area contributed by atoms with Crippen molar-refractivity contribution in [2.45, 2.75) is 130 Å². The number of fused-ring (bicyclic) bond motifs is 1. The second-order valence-corrected chi connectivity index (χ2v) is 16.1. The predicted octanol–water partition coefficient (Wildman–Crippen LogP) is -0.247. The van der Waals surface area contributed by atoms with E-state index in [1.54, 1.807) is 0 Å². The van der Waals surface area contributed by atoms with Crippen molar-refractivity contribution in [1.82, 2.24) is 26.6 Å². The smallest absolute Gasteiger partial charge is 0.308 e. The van der Waals surface area contributed by atoms with E-state index in [0.717, 1.165) is 25.7 Å². The van der Waals surface area contributed by atoms with Gasteiger partial charge in [-0.2, -0.15) is 18.6 Å². The van der Waals surface area contributed by atoms with Gasteiger partial charge in [-0.25, -0.2) is 5.26 Å². The van der Waals surface area contributed by atoms with E-state index < -0.39 is 99.4 Å². The Hall–Kier alpha value is -1.60. The van der Waals surface area contributed by atoms with Crippen molar-refractivity contribution in [2.24, 2.45) is 33.9 Å². The Kier molecular flexibility index (Phi) is 13.0. The Labute approximate surface area is 282 Å². The van der Waals surface area contributed by atoms with Crippen molar-refractivity contribution < 1.29 is 57.6 Å². The van der Waals surface area contributed by atoms with E-state index in [-0.39, 0.29) is 25.3 Å². The number of hydrogen-bond acceptors (Lipinski definition) is 17. The molecule has 14 unspecified atom stereocenters. The normalized spacial score (nSPS) is 42.7. The monoisotopic (exact) mass is 725 g/mol. The van der Waals surface area contributed by atoms with Gasteiger partial charge in [-0.05, 0) is 50.9 Å². The Bertz CT molecular complexity index is 1250. The summed E-state index contributed by atoms with van der Waals surface area (Å²) in [7, 11) is -4.50. The fraction of sp³-hybridized carbons (Fsp3) is 0.926. The van der Waals surface area contributed by atoms with E-state index >= 15 is 0 Å². The number of carbonyl (C=O) groups is 2. The lowest BCUT2D eigenvalue weighted by molar-refractivity contribution is -0.432. The molecule has 0 amide bonds. The molecule has 5 rings (SSSR count). The second-order valence-electron chi connectivity index (χ2n) is 13.5. The average molecular weight is 726 g/mol. The van der Waals surface area contributed by atoms with Crippen LogP contribution < -0.4 is 26.6 Å². The minimum atomic E-state index is -4.50. The molecule has 0 aromatic rings. The standard InChI is InChI=1S/C27H47N7O12S2/c35-22-20-12(10-19(47-46-45-41)21(22)34-33-17-8-4-2-6-15(17)24(38)39)9-13(48(42,43)44)11-18(20)29-26-30-25(31-27(40)32-26)28-16-7-3-1-5-14(16)23(36)37/h12-22,25-32,35,40-41H,1-11H2,(H,36,37)(H,38,39)(H,42,43,44). The highest BCUT2D eigenvalue weighted by atomic mass is 32.2. The summed E-state index contributed by atoms with van der Waals surface area (Å²) in [6, 6.07) is -2.68. The van der Waals surface area contributed by atoms with Gasteiger partial charge in [0, 0.05) is 30.0 Å². The Balaban J connectivity index is 1.36. The fourth-order valence-electron chi connectivity index (χ4n) is 8.32. The molecule has 1 heterocycles. The lowest BCUT2D eigenvalue weighted by Crippen LogP contribution is -2.77. The summed E-state index contributed by atoms with van der Waals surface area (Å²) in [5, 5.41) is 76.9. The molecule has 0 spiro atoms. The van der Waals surface area contributed by atoms with Crippen molar-refractivity contribution in [3.05, 3.63) is 0 Å². The summed E-state index contributed by atoms with van der Waals surface area (Å²) in [6.45, 7) is 0. The molecule has 0 bridgehead atoms. The molecule has 11 N–H and O–H groups in total. The van der Waals surface area contributed by atoms with Crippen LogP contribution in [0.4, 0.5) is 0 Å². The highest BCUT2D eigenvalue weighted by Gasteiger charge is 2.53. The van der Waals surface area contributed by atoms with Crippen LogP contribution in [0.15, 0.2) is 10.2 Å². The van der Waals surface area contributed by atoms with Crippen molar-refractivity contribution in [3.63, 3.8) is 0 Å². The van der Waals surface area contributed by atoms with Crippen molar-refractivity contribution >= 4 is 34.1 Å². The van der Waals surface area contributed by atoms with E-state index in [4.69, 9.17) is 9.59 Å². The predicted molar refractivity (Wildman–Crippen MR) is 167 cm³/mol. The van der Waals surface area contributed by atoms with Gasteiger partial charge in [0.2, 0.25) is 0 Å². The van der Waals surface area contributed by atoms with E-state index in [9.17, 15) is 43.0 Å². The zero-order chi connectivity index (χ0) is 34.6. The number of rotatable bonds is 12. The third-order valence-electron chi connectivity index (χ3n) is 10.6. The molecular formula is C27H47N7O12S2. The number of carboxylic acid groups (broad SMARTS) is 2. The molecule has 5 fully saturated rings. The average Bonchev–Trinajstić information content (AvgIpc) is 3.02. The first-order valence-corrected chi connectivity index (χ1v) is 18.8. The summed E-state index contributed by atoms with van der Waals surface area (Å²) < 4.78 is 39.7. The van der Waals surface area contributed by atoms with Gasteiger partial charge < -0.3 is 20.4 Å². The number of aliphatic hydroxyl groups is 2. The fourth-order valence-corrected chi connectivity index (χ4v) is 10.1. The molecule has 0 aromatic carbocycles. The third kappa shape index (κ3) is 9.19. The van der Waals surface area contributed by atoms with Gasteiger partial charge in [0.05, 0.1) is 34.5 Å². The minimum Gasteiger partial charge on any atom is -0.481 e. The first-order valence-electron chi connectivity index (χ1n) is 16.5. The number of aliphatic hydroxyl groups excluding tert-OH is 2. The number of hydrogen-bond donors (Lipinski definition) is 11. The van der Waals surface area contributed by atoms with Gasteiger partial charge in [0.1, 0.15) is 18.6 Å². The number of nitrogens with one attached hydrogen (secondary N) is 5. The van der Waals surface area contributed by atoms with Gasteiger partial charge in [0.25, 0.3) is 10.1 Å². The Morgan fingerprint density at radius 2 is 1.44 bits per heavy atom. The maximum Gasteiger partial charge on any atom is 0.308 e. The second kappa shape index (κ2) is 16.6. The van der Waals surface area contributed by atoms with Crippen LogP contribution >= 0.6 is 12.0 Å². The first-order chi connectivity index (χ1) is 22.8. The maximum absolute atomic E-state index is 12.4. The summed E-state index contributed by atoms with van der Waals surface area (Å²) in [4.78, 5) is 23.7. The van der Waals surface area contributed by atoms with Gasteiger partial charge in [-0.3, -0.25) is 40.7 Å². The molecule has 0 radical (unpaired) electrons. The molecule has 4 aliphatic carbocycles. The quantitative estimate of drug-likeness (QED) is 0.0406. The van der Waals surface area contributed by atoms with Crippen LogP contribution in [0, 0.1) is 23.7 Å². The van der Waals surface area contributed by atoms with Crippen LogP contribution in [-0.2, 0) is 29.1 Å². The third-order valence-corrected chi connectivity index (χ3v) is 12.7. The van der Waals surface area contributed by atoms with E-state index in [1.165, 1.54) is 0 Å². The number of carboxylic acids is 2. The molecular weight excluding hydrogens is 678 g/mol. The molecule has 48 heavy (non-hydrogen) atoms. The lowest BCUT2D eigenvalue weighted by Gasteiger charge is -2.51. The zero-order valence-corrected chi connectivity index (χ0v) is 27.8. The summed E-state index contributed by atoms with van der Waals surface area (Å²) in [6.07, 6.45) is 1.34. The van der Waals surface area contributed by atoms with Gasteiger partial charge in [0.15, 0.2) is 6.35 Å². The van der Waals surface area contributed by atoms with Crippen LogP contribution in [0.5, 0.6) is 0 Å². The van der Waals surface area contributed by atoms with E-state index in [1.807, 2.05) is 0 Å². The number of azo groups is 1. The van der Waals surface area contributed by atoms with Gasteiger partial charge in [-0.1, -0.05) is 30.7 Å². The van der Waals surface area contributed by atoms with Gasteiger partial charge >= 0.3 is 11.9 Å². The largest absolute Gasteiger partial charge is 0.481 e. The van der Waals surface area contributed by atoms with Crippen LogP contribution in [0.1, 0.15) is 70.6 Å². The van der Waals surface area contributed by atoms with Crippen molar-refractivity contribution in [1.29, 1.82) is 0 Å². The van der Waals surface area contributed by atoms with Gasteiger partial charge in [-0.15, -0.1) is 4.33 Å². The zero-order valence-electron chi connectivity index (χ0n) is 26.2. The molecule has 14 atom stereocenters. The van der Waals surface area contributed by atoms with Crippen LogP contribution in [0.2, 0.25) is 0 Å². The summed E-state index contributed by atoms with van der Waals surface area (Å²) >= 11 is 0.673. The summed E-state index contributed by atoms with van der Waals surface area (Å²) in [5.74, 6) is -4.35. The van der Waals surface area contributed by atoms with Crippen LogP contribution in [0.3, 0.4) is 0 Å². The molecule has 1 saturated heterocycles. The minimum absolute atomic E-state index is 0.0154. The Morgan fingerprint density at radius 3 is 2.08 bits per heavy atom. The molecule has 0 aromatic heterocycles. The molecule has 21 heteroatoms. The van der Waals surface area contributed by atoms with Crippen molar-refractivity contribution in [3.8, 4) is 0 Å². The maximum atomic E-state index is 12.4. The SMILES string of the molecule is O=C(O)C1CCCCC1N=NC1C(SOOO)CC2CC(S(=O)(=O)O)CC(NC3NC(O)NC(NC4CCCCC4C(=O)O)N3)C2C1O. The number of nitrogens with zero attached hydrogens (tertiary/aromatic N) is 2. The van der Waals surface area contributed by atoms with Crippen LogP contribution in [0.25, 0.3) is 0 Å². The van der Waals surface area contributed by atoms with Crippen molar-refractivity contribution in [2.75, 3.05) is 0 Å². The van der Waals surface area contributed by atoms with E-state index in [0.29, 0.717) is 37.7 Å². The lowest BCUT2D eigenvalue weighted by atomic mass is 9.65. The Morgan fingerprint density at radius 1 is 0.812 bits per heavy atom.